The van der Waals surface area contributed by atoms with Gasteiger partial charge in [-0.2, -0.15) is 13.2 Å². The molecular formula is C27H36F3N3O3. The molecule has 3 heterocycles. The first kappa shape index (κ1) is 26.5. The van der Waals surface area contributed by atoms with Crippen LogP contribution >= 0.6 is 0 Å². The molecule has 1 saturated heterocycles. The van der Waals surface area contributed by atoms with Gasteiger partial charge in [0.1, 0.15) is 5.60 Å². The molecule has 0 saturated carbocycles. The molecule has 4 rings (SSSR count). The summed E-state index contributed by atoms with van der Waals surface area (Å²) < 4.78 is 45.0. The zero-order valence-corrected chi connectivity index (χ0v) is 21.4. The minimum Gasteiger partial charge on any atom is -0.444 e. The second-order valence-electron chi connectivity index (χ2n) is 11.4. The number of carbonyl (C=O) groups excluding carboxylic acids is 2. The largest absolute Gasteiger partial charge is 0.444 e. The van der Waals surface area contributed by atoms with Gasteiger partial charge < -0.3 is 14.5 Å². The summed E-state index contributed by atoms with van der Waals surface area (Å²) in [6.07, 6.45) is 5.56. The third-order valence-corrected chi connectivity index (χ3v) is 7.54. The van der Waals surface area contributed by atoms with Crippen LogP contribution in [-0.2, 0) is 28.7 Å². The number of pyridine rings is 1. The van der Waals surface area contributed by atoms with E-state index in [-0.39, 0.29) is 18.5 Å². The fraction of sp³-hybridized carbons (Fsp3) is 0.667. The summed E-state index contributed by atoms with van der Waals surface area (Å²) in [4.78, 5) is 33.6. The molecule has 0 radical (unpaired) electrons. The first-order chi connectivity index (χ1) is 16.9. The van der Waals surface area contributed by atoms with E-state index in [2.05, 4.69) is 4.98 Å². The molecule has 198 valence electrons. The highest BCUT2D eigenvalue weighted by Crippen LogP contribution is 2.42. The van der Waals surface area contributed by atoms with Crippen LogP contribution < -0.4 is 0 Å². The number of hydrogen-bond acceptors (Lipinski definition) is 4. The summed E-state index contributed by atoms with van der Waals surface area (Å²) in [6.45, 7) is 7.49. The third kappa shape index (κ3) is 6.03. The van der Waals surface area contributed by atoms with Gasteiger partial charge in [-0.05, 0) is 76.8 Å². The molecule has 1 aliphatic carbocycles. The monoisotopic (exact) mass is 507 g/mol. The average Bonchev–Trinajstić information content (AvgIpc) is 3.30. The van der Waals surface area contributed by atoms with E-state index in [0.717, 1.165) is 44.4 Å². The lowest BCUT2D eigenvalue weighted by atomic mass is 9.77. The normalized spacial score (nSPS) is 23.1. The minimum atomic E-state index is -4.46. The Morgan fingerprint density at radius 1 is 1.14 bits per heavy atom. The van der Waals surface area contributed by atoms with Crippen molar-refractivity contribution in [2.24, 2.45) is 11.3 Å². The molecule has 0 bridgehead atoms. The predicted molar refractivity (Wildman–Crippen MR) is 129 cm³/mol. The van der Waals surface area contributed by atoms with Crippen molar-refractivity contribution in [2.45, 2.75) is 84.0 Å². The summed E-state index contributed by atoms with van der Waals surface area (Å²) in [7, 11) is 0. The van der Waals surface area contributed by atoms with Crippen molar-refractivity contribution in [1.82, 2.24) is 14.8 Å². The number of hydrogen-bond donors (Lipinski definition) is 0. The Labute approximate surface area is 210 Å². The van der Waals surface area contributed by atoms with Gasteiger partial charge in [0.2, 0.25) is 5.91 Å². The van der Waals surface area contributed by atoms with Crippen LogP contribution in [0.2, 0.25) is 0 Å². The third-order valence-electron chi connectivity index (χ3n) is 7.54. The number of fused-ring (bicyclic) bond motifs is 1. The lowest BCUT2D eigenvalue weighted by Crippen LogP contribution is -2.45. The molecule has 2 aliphatic heterocycles. The van der Waals surface area contributed by atoms with Gasteiger partial charge in [0.25, 0.3) is 0 Å². The highest BCUT2D eigenvalue weighted by molar-refractivity contribution is 5.85. The Kier molecular flexibility index (Phi) is 7.40. The summed E-state index contributed by atoms with van der Waals surface area (Å²) in [6, 6.07) is 1.14. The summed E-state index contributed by atoms with van der Waals surface area (Å²) in [5.41, 5.74) is -0.774. The van der Waals surface area contributed by atoms with Crippen LogP contribution in [0.25, 0.3) is 0 Å². The van der Waals surface area contributed by atoms with Gasteiger partial charge in [0, 0.05) is 44.5 Å². The van der Waals surface area contributed by atoms with E-state index in [0.29, 0.717) is 49.7 Å². The number of nitrogens with zero attached hydrogens (tertiary/aromatic N) is 3. The van der Waals surface area contributed by atoms with Crippen LogP contribution in [0.15, 0.2) is 24.4 Å². The lowest BCUT2D eigenvalue weighted by Gasteiger charge is -2.38. The Balaban J connectivity index is 1.36. The van der Waals surface area contributed by atoms with E-state index in [1.807, 2.05) is 32.9 Å². The van der Waals surface area contributed by atoms with Crippen molar-refractivity contribution < 1.29 is 27.5 Å². The smallest absolute Gasteiger partial charge is 0.417 e. The molecule has 3 aliphatic rings. The number of alkyl halides is 3. The first-order valence-corrected chi connectivity index (χ1v) is 12.9. The Morgan fingerprint density at radius 2 is 1.86 bits per heavy atom. The van der Waals surface area contributed by atoms with Crippen molar-refractivity contribution in [3.63, 3.8) is 0 Å². The SMILES string of the molecule is CC(C)(C)OC(=O)N1CCC(CC[C@]2(C(=O)N3CCc4ncc(C(F)(F)F)cc4C3)C=CCC2)CC1. The first-order valence-electron chi connectivity index (χ1n) is 12.9. The number of carbonyl (C=O) groups is 2. The number of likely N-dealkylation sites (tertiary alicyclic amines) is 1. The summed E-state index contributed by atoms with van der Waals surface area (Å²) >= 11 is 0. The molecule has 6 nitrogen and oxygen atoms in total. The van der Waals surface area contributed by atoms with Gasteiger partial charge in [0.05, 0.1) is 11.0 Å². The second-order valence-corrected chi connectivity index (χ2v) is 11.4. The molecule has 0 aromatic carbocycles. The molecule has 9 heteroatoms. The van der Waals surface area contributed by atoms with Gasteiger partial charge in [0.15, 0.2) is 0 Å². The maximum absolute atomic E-state index is 13.7. The molecule has 1 aromatic rings. The topological polar surface area (TPSA) is 62.7 Å². The number of piperidine rings is 1. The Hall–Kier alpha value is -2.58. The van der Waals surface area contributed by atoms with E-state index in [9.17, 15) is 22.8 Å². The number of allylic oxidation sites excluding steroid dienone is 1. The molecule has 2 amide bonds. The molecule has 0 N–H and O–H groups in total. The number of halogens is 3. The standard InChI is InChI=1S/C27H36F3N3O3/c1-25(2,3)36-24(35)32-13-7-19(8-14-32)6-12-26(10-4-5-11-26)23(34)33-15-9-22-20(18-33)16-21(17-31-22)27(28,29)30/h4,10,16-17,19H,5-9,11-15,18H2,1-3H3/t26-/m0/s1. The van der Waals surface area contributed by atoms with Crippen molar-refractivity contribution in [2.75, 3.05) is 19.6 Å². The van der Waals surface area contributed by atoms with Gasteiger partial charge in [-0.1, -0.05) is 12.2 Å². The van der Waals surface area contributed by atoms with Gasteiger partial charge in [-0.15, -0.1) is 0 Å². The maximum Gasteiger partial charge on any atom is 0.417 e. The summed E-state index contributed by atoms with van der Waals surface area (Å²) in [5, 5.41) is 0. The number of aromatic nitrogens is 1. The molecule has 1 fully saturated rings. The van der Waals surface area contributed by atoms with Crippen molar-refractivity contribution in [3.05, 3.63) is 41.2 Å². The molecule has 0 unspecified atom stereocenters. The van der Waals surface area contributed by atoms with Crippen LogP contribution in [0.4, 0.5) is 18.0 Å². The Bertz CT molecular complexity index is 1010. The molecule has 1 aromatic heterocycles. The van der Waals surface area contributed by atoms with E-state index < -0.39 is 22.8 Å². The summed E-state index contributed by atoms with van der Waals surface area (Å²) in [5.74, 6) is 0.425. The van der Waals surface area contributed by atoms with Gasteiger partial charge >= 0.3 is 12.3 Å². The van der Waals surface area contributed by atoms with Crippen LogP contribution in [0.1, 0.15) is 76.1 Å². The lowest BCUT2D eigenvalue weighted by molar-refractivity contribution is -0.141. The number of rotatable bonds is 4. The van der Waals surface area contributed by atoms with Crippen molar-refractivity contribution in [3.8, 4) is 0 Å². The van der Waals surface area contributed by atoms with Gasteiger partial charge in [-0.3, -0.25) is 9.78 Å². The van der Waals surface area contributed by atoms with Crippen molar-refractivity contribution in [1.29, 1.82) is 0 Å². The van der Waals surface area contributed by atoms with E-state index in [1.54, 1.807) is 9.80 Å². The van der Waals surface area contributed by atoms with Crippen LogP contribution in [-0.4, -0.2) is 52.0 Å². The zero-order chi connectivity index (χ0) is 26.1. The average molecular weight is 508 g/mol. The fourth-order valence-electron chi connectivity index (χ4n) is 5.49. The van der Waals surface area contributed by atoms with Crippen LogP contribution in [0.5, 0.6) is 0 Å². The second kappa shape index (κ2) is 10.1. The quantitative estimate of drug-likeness (QED) is 0.487. The van der Waals surface area contributed by atoms with E-state index in [4.69, 9.17) is 4.74 Å². The van der Waals surface area contributed by atoms with Crippen molar-refractivity contribution >= 4 is 12.0 Å². The molecule has 0 spiro atoms. The molecule has 1 atom stereocenters. The number of amides is 2. The fourth-order valence-corrected chi connectivity index (χ4v) is 5.49. The maximum atomic E-state index is 13.7. The zero-order valence-electron chi connectivity index (χ0n) is 21.4. The van der Waals surface area contributed by atoms with Crippen LogP contribution in [0.3, 0.4) is 0 Å². The predicted octanol–water partition coefficient (Wildman–Crippen LogP) is 5.75. The highest BCUT2D eigenvalue weighted by atomic mass is 19.4. The number of ether oxygens (including phenoxy) is 1. The molecular weight excluding hydrogens is 471 g/mol. The van der Waals surface area contributed by atoms with E-state index >= 15 is 0 Å². The Morgan fingerprint density at radius 3 is 2.47 bits per heavy atom. The van der Waals surface area contributed by atoms with Gasteiger partial charge in [-0.25, -0.2) is 4.79 Å². The highest BCUT2D eigenvalue weighted by Gasteiger charge is 2.42. The molecule has 36 heavy (non-hydrogen) atoms. The van der Waals surface area contributed by atoms with E-state index in [1.165, 1.54) is 0 Å². The minimum absolute atomic E-state index is 0.00510. The van der Waals surface area contributed by atoms with Crippen LogP contribution in [0, 0.1) is 11.3 Å².